The lowest BCUT2D eigenvalue weighted by Crippen LogP contribution is -2.56. The van der Waals surface area contributed by atoms with E-state index in [0.717, 1.165) is 0 Å². The van der Waals surface area contributed by atoms with Crippen LogP contribution in [-0.2, 0) is 28.6 Å². The van der Waals surface area contributed by atoms with E-state index < -0.39 is 41.5 Å². The third-order valence-corrected chi connectivity index (χ3v) is 5.29. The van der Waals surface area contributed by atoms with Crippen molar-refractivity contribution in [1.29, 1.82) is 0 Å². The minimum absolute atomic E-state index is 0.361. The first kappa shape index (κ1) is 24.2. The molecule has 0 saturated carbocycles. The molecule has 0 aliphatic carbocycles. The highest BCUT2D eigenvalue weighted by atomic mass is 35.5. The molecule has 9 heteroatoms. The molecule has 0 bridgehead atoms. The van der Waals surface area contributed by atoms with Crippen LogP contribution in [-0.4, -0.2) is 46.6 Å². The molecule has 1 atom stereocenters. The summed E-state index contributed by atoms with van der Waals surface area (Å²) in [5.41, 5.74) is -2.11. The van der Waals surface area contributed by atoms with Crippen LogP contribution >= 0.6 is 11.6 Å². The number of nitrogens with zero attached hydrogens (tertiary/aromatic N) is 1. The van der Waals surface area contributed by atoms with E-state index in [1.807, 2.05) is 27.7 Å². The first-order valence-electron chi connectivity index (χ1n) is 9.49. The van der Waals surface area contributed by atoms with Crippen LogP contribution in [0.25, 0.3) is 0 Å². The number of rotatable bonds is 9. The summed E-state index contributed by atoms with van der Waals surface area (Å²) < 4.78 is 14.8. The van der Waals surface area contributed by atoms with Crippen molar-refractivity contribution in [3.05, 3.63) is 11.6 Å². The number of carbonyl (C=O) groups excluding carboxylic acids is 3. The average Bonchev–Trinajstić information content (AvgIpc) is 2.91. The van der Waals surface area contributed by atoms with E-state index >= 15 is 0 Å². The van der Waals surface area contributed by atoms with Gasteiger partial charge in [-0.1, -0.05) is 39.3 Å². The molecule has 1 aliphatic rings. The maximum absolute atomic E-state index is 12.8. The summed E-state index contributed by atoms with van der Waals surface area (Å²) in [5, 5.41) is 1.55. The van der Waals surface area contributed by atoms with Gasteiger partial charge in [-0.2, -0.15) is 0 Å². The zero-order chi connectivity index (χ0) is 21.5. The molecule has 0 aromatic heterocycles. The predicted octanol–water partition coefficient (Wildman–Crippen LogP) is 4.06. The van der Waals surface area contributed by atoms with Gasteiger partial charge >= 0.3 is 18.1 Å². The Balaban J connectivity index is 3.28. The maximum Gasteiger partial charge on any atom is 0.529 e. The van der Waals surface area contributed by atoms with Crippen molar-refractivity contribution in [2.75, 3.05) is 6.79 Å². The van der Waals surface area contributed by atoms with Gasteiger partial charge in [-0.05, 0) is 38.7 Å². The number of hydroxylamine groups is 2. The number of ether oxygens (including phenoxy) is 3. The van der Waals surface area contributed by atoms with E-state index in [1.54, 1.807) is 11.1 Å². The second kappa shape index (κ2) is 10.1. The number of hydrogen-bond donors (Lipinski definition) is 0. The normalized spacial score (nSPS) is 18.8. The zero-order valence-electron chi connectivity index (χ0n) is 17.4. The van der Waals surface area contributed by atoms with Crippen molar-refractivity contribution in [2.45, 2.75) is 83.9 Å². The van der Waals surface area contributed by atoms with Crippen molar-refractivity contribution < 1.29 is 33.4 Å². The predicted molar refractivity (Wildman–Crippen MR) is 102 cm³/mol. The zero-order valence-corrected chi connectivity index (χ0v) is 18.1. The van der Waals surface area contributed by atoms with Crippen LogP contribution in [0.15, 0.2) is 11.6 Å². The van der Waals surface area contributed by atoms with E-state index in [4.69, 9.17) is 30.6 Å². The Morgan fingerprint density at radius 3 is 2.07 bits per heavy atom. The average molecular weight is 420 g/mol. The molecule has 1 aliphatic heterocycles. The van der Waals surface area contributed by atoms with Crippen molar-refractivity contribution >= 4 is 29.7 Å². The van der Waals surface area contributed by atoms with E-state index in [-0.39, 0.29) is 0 Å². The van der Waals surface area contributed by atoms with Crippen LogP contribution in [0.5, 0.6) is 0 Å². The number of esters is 2. The van der Waals surface area contributed by atoms with Crippen LogP contribution in [0.4, 0.5) is 4.79 Å². The summed E-state index contributed by atoms with van der Waals surface area (Å²) in [5.74, 6) is -1.17. The molecule has 160 valence electrons. The highest BCUT2D eigenvalue weighted by molar-refractivity contribution is 6.19. The molecule has 1 unspecified atom stereocenters. The van der Waals surface area contributed by atoms with Crippen molar-refractivity contribution in [3.8, 4) is 0 Å². The summed E-state index contributed by atoms with van der Waals surface area (Å²) in [6.45, 7) is 9.91. The first-order valence-corrected chi connectivity index (χ1v) is 9.92. The van der Waals surface area contributed by atoms with E-state index in [9.17, 15) is 14.4 Å². The number of hydrogen-bond acceptors (Lipinski definition) is 8. The van der Waals surface area contributed by atoms with Crippen LogP contribution in [0.1, 0.15) is 67.2 Å². The van der Waals surface area contributed by atoms with Crippen LogP contribution in [0.3, 0.4) is 0 Å². The van der Waals surface area contributed by atoms with Gasteiger partial charge in [0.15, 0.2) is 5.56 Å². The smallest absolute Gasteiger partial charge is 0.428 e. The highest BCUT2D eigenvalue weighted by Gasteiger charge is 2.57. The summed E-state index contributed by atoms with van der Waals surface area (Å²) in [4.78, 5) is 41.5. The van der Waals surface area contributed by atoms with Crippen molar-refractivity contribution in [2.24, 2.45) is 0 Å². The fourth-order valence-corrected chi connectivity index (χ4v) is 3.63. The topological polar surface area (TPSA) is 91.4 Å². The molecule has 0 N–H and O–H groups in total. The molecule has 0 spiro atoms. The SMILES string of the molecule is CCC1(CC)C=C(C(=O)OCOC(C)=O)C(CC)(CC)N1OC(=O)OC(C)Cl. The third kappa shape index (κ3) is 4.97. The Hall–Kier alpha value is -1.80. The van der Waals surface area contributed by atoms with Gasteiger partial charge in [-0.15, -0.1) is 5.06 Å². The molecule has 28 heavy (non-hydrogen) atoms. The van der Waals surface area contributed by atoms with Crippen molar-refractivity contribution in [3.63, 3.8) is 0 Å². The maximum atomic E-state index is 12.8. The number of halogens is 1. The quantitative estimate of drug-likeness (QED) is 0.314. The lowest BCUT2D eigenvalue weighted by Gasteiger charge is -2.44. The summed E-state index contributed by atoms with van der Waals surface area (Å²) >= 11 is 5.73. The van der Waals surface area contributed by atoms with Crippen LogP contribution in [0, 0.1) is 0 Å². The summed E-state index contributed by atoms with van der Waals surface area (Å²) in [6, 6.07) is 0. The van der Waals surface area contributed by atoms with E-state index in [0.29, 0.717) is 31.3 Å². The molecule has 0 saturated heterocycles. The molecule has 0 aromatic rings. The number of carbonyl (C=O) groups is 3. The van der Waals surface area contributed by atoms with Crippen LogP contribution in [0.2, 0.25) is 0 Å². The molecule has 0 aromatic carbocycles. The Bertz CT molecular complexity index is 609. The van der Waals surface area contributed by atoms with Crippen LogP contribution < -0.4 is 0 Å². The van der Waals surface area contributed by atoms with Gasteiger partial charge in [0.1, 0.15) is 0 Å². The molecular weight excluding hydrogens is 390 g/mol. The van der Waals surface area contributed by atoms with Gasteiger partial charge in [0.05, 0.1) is 16.7 Å². The molecule has 1 rings (SSSR count). The third-order valence-electron chi connectivity index (χ3n) is 5.20. The second-order valence-corrected chi connectivity index (χ2v) is 7.20. The first-order chi connectivity index (χ1) is 13.1. The second-order valence-electron chi connectivity index (χ2n) is 6.59. The Labute approximate surface area is 171 Å². The minimum Gasteiger partial charge on any atom is -0.428 e. The molecular formula is C19H30ClNO7. The van der Waals surface area contributed by atoms with E-state index in [2.05, 4.69) is 0 Å². The molecule has 0 fully saturated rings. The fraction of sp³-hybridized carbons (Fsp3) is 0.737. The molecule has 0 amide bonds. The van der Waals surface area contributed by atoms with Gasteiger partial charge in [-0.3, -0.25) is 4.79 Å². The van der Waals surface area contributed by atoms with E-state index in [1.165, 1.54) is 13.8 Å². The van der Waals surface area contributed by atoms with Gasteiger partial charge in [0.2, 0.25) is 6.79 Å². The molecule has 1 heterocycles. The Kier molecular flexibility index (Phi) is 8.75. The van der Waals surface area contributed by atoms with Gasteiger partial charge < -0.3 is 19.0 Å². The van der Waals surface area contributed by atoms with Crippen molar-refractivity contribution in [1.82, 2.24) is 5.06 Å². The molecule has 0 radical (unpaired) electrons. The molecule has 8 nitrogen and oxygen atoms in total. The fourth-order valence-electron chi connectivity index (χ4n) is 3.56. The highest BCUT2D eigenvalue weighted by Crippen LogP contribution is 2.48. The number of alkyl halides is 1. The summed E-state index contributed by atoms with van der Waals surface area (Å²) in [7, 11) is 0. The lowest BCUT2D eigenvalue weighted by atomic mass is 9.86. The summed E-state index contributed by atoms with van der Waals surface area (Å²) in [6.07, 6.45) is 2.95. The largest absolute Gasteiger partial charge is 0.529 e. The standard InChI is InChI=1S/C19H30ClNO7/c1-7-18(8-2)11-15(16(23)26-12-25-14(6)22)19(9-3,10-4)21(18)28-17(24)27-13(5)20/h11,13H,7-10,12H2,1-6H3. The minimum atomic E-state index is -0.942. The van der Waals surface area contributed by atoms with Gasteiger partial charge in [0.25, 0.3) is 0 Å². The Morgan fingerprint density at radius 1 is 1.07 bits per heavy atom. The van der Waals surface area contributed by atoms with Gasteiger partial charge in [0, 0.05) is 6.92 Å². The van der Waals surface area contributed by atoms with Gasteiger partial charge in [-0.25, -0.2) is 9.59 Å². The lowest BCUT2D eigenvalue weighted by molar-refractivity contribution is -0.224. The Morgan fingerprint density at radius 2 is 1.64 bits per heavy atom. The monoisotopic (exact) mass is 419 g/mol.